The van der Waals surface area contributed by atoms with Crippen LogP contribution in [-0.2, 0) is 11.8 Å². The van der Waals surface area contributed by atoms with Crippen LogP contribution >= 0.6 is 0 Å². The first-order valence-electron chi connectivity index (χ1n) is 9.38. The lowest BCUT2D eigenvalue weighted by atomic mass is 9.74. The molecular weight excluding hydrogens is 328 g/mol. The third-order valence-electron chi connectivity index (χ3n) is 6.05. The number of likely N-dealkylation sites (tertiary alicyclic amines) is 1. The van der Waals surface area contributed by atoms with Crippen LogP contribution in [0, 0.1) is 6.92 Å². The van der Waals surface area contributed by atoms with Crippen LogP contribution in [0.15, 0.2) is 24.5 Å². The predicted molar refractivity (Wildman–Crippen MR) is 98.9 cm³/mol. The molecule has 4 heterocycles. The highest BCUT2D eigenvalue weighted by molar-refractivity contribution is 5.81. The van der Waals surface area contributed by atoms with E-state index in [-0.39, 0.29) is 17.4 Å². The minimum absolute atomic E-state index is 0.108. The summed E-state index contributed by atoms with van der Waals surface area (Å²) in [5.74, 6) is 1.41. The topological polar surface area (TPSA) is 67.2 Å². The molecule has 1 spiro atoms. The molecule has 26 heavy (non-hydrogen) atoms. The molecule has 4 rings (SSSR count). The molecule has 1 amide bonds. The smallest absolute Gasteiger partial charge is 0.223 e. The fourth-order valence-electron chi connectivity index (χ4n) is 4.75. The summed E-state index contributed by atoms with van der Waals surface area (Å²) in [6.45, 7) is 6.57. The van der Waals surface area contributed by atoms with E-state index in [0.717, 1.165) is 44.0 Å². The number of aryl methyl sites for hydroxylation is 2. The number of aromatic nitrogens is 4. The molecule has 7 nitrogen and oxygen atoms in total. The molecule has 7 heteroatoms. The SMILES string of the molecule is CCN1C(=O)C[C@H](c2cnn(C)c2)C12CCN(c1ccc(C)nn1)CC2. The molecule has 2 aliphatic heterocycles. The number of likely N-dealkylation sites (N-methyl/N-ethyl adjacent to an activating group) is 1. The zero-order valence-corrected chi connectivity index (χ0v) is 15.7. The maximum absolute atomic E-state index is 12.7. The van der Waals surface area contributed by atoms with Crippen molar-refractivity contribution in [3.8, 4) is 0 Å². The summed E-state index contributed by atoms with van der Waals surface area (Å²) in [6, 6.07) is 4.04. The molecule has 138 valence electrons. The van der Waals surface area contributed by atoms with E-state index in [1.54, 1.807) is 0 Å². The maximum Gasteiger partial charge on any atom is 0.223 e. The Bertz CT molecular complexity index is 791. The molecule has 2 aromatic rings. The fourth-order valence-corrected chi connectivity index (χ4v) is 4.75. The van der Waals surface area contributed by atoms with Crippen LogP contribution in [-0.4, -0.2) is 56.0 Å². The second kappa shape index (κ2) is 6.37. The van der Waals surface area contributed by atoms with Crippen LogP contribution in [0.25, 0.3) is 0 Å². The summed E-state index contributed by atoms with van der Waals surface area (Å²) < 4.78 is 1.83. The lowest BCUT2D eigenvalue weighted by Gasteiger charge is -2.47. The third kappa shape index (κ3) is 2.66. The van der Waals surface area contributed by atoms with E-state index in [2.05, 4.69) is 38.2 Å². The number of nitrogens with zero attached hydrogens (tertiary/aromatic N) is 6. The second-order valence-corrected chi connectivity index (χ2v) is 7.47. The number of hydrogen-bond donors (Lipinski definition) is 0. The molecule has 0 N–H and O–H groups in total. The highest BCUT2D eigenvalue weighted by Gasteiger charge is 2.53. The Labute approximate surface area is 154 Å². The third-order valence-corrected chi connectivity index (χ3v) is 6.05. The quantitative estimate of drug-likeness (QED) is 0.842. The monoisotopic (exact) mass is 354 g/mol. The Morgan fingerprint density at radius 1 is 1.23 bits per heavy atom. The van der Waals surface area contributed by atoms with E-state index in [0.29, 0.717) is 6.42 Å². The lowest BCUT2D eigenvalue weighted by Crippen LogP contribution is -2.55. The standard InChI is InChI=1S/C19H26N6O/c1-4-25-18(26)11-16(15-12-20-23(3)13-15)19(25)7-9-24(10-8-19)17-6-5-14(2)21-22-17/h5-6,12-13,16H,4,7-11H2,1-3H3/t16-/m1/s1. The lowest BCUT2D eigenvalue weighted by molar-refractivity contribution is -0.131. The van der Waals surface area contributed by atoms with Gasteiger partial charge in [-0.05, 0) is 44.4 Å². The predicted octanol–water partition coefficient (Wildman–Crippen LogP) is 1.89. The van der Waals surface area contributed by atoms with Gasteiger partial charge in [0.2, 0.25) is 5.91 Å². The van der Waals surface area contributed by atoms with Crippen LogP contribution in [0.1, 0.15) is 43.4 Å². The van der Waals surface area contributed by atoms with Gasteiger partial charge in [-0.3, -0.25) is 9.48 Å². The molecule has 2 aromatic heterocycles. The molecule has 2 saturated heterocycles. The van der Waals surface area contributed by atoms with Gasteiger partial charge in [0.15, 0.2) is 5.82 Å². The second-order valence-electron chi connectivity index (χ2n) is 7.47. The Kier molecular flexibility index (Phi) is 4.17. The molecule has 2 aliphatic rings. The summed E-state index contributed by atoms with van der Waals surface area (Å²) in [4.78, 5) is 17.1. The van der Waals surface area contributed by atoms with Gasteiger partial charge in [-0.25, -0.2) is 0 Å². The summed E-state index contributed by atoms with van der Waals surface area (Å²) in [7, 11) is 1.93. The van der Waals surface area contributed by atoms with E-state index in [1.165, 1.54) is 5.56 Å². The van der Waals surface area contributed by atoms with Gasteiger partial charge in [-0.15, -0.1) is 5.10 Å². The first-order valence-corrected chi connectivity index (χ1v) is 9.38. The van der Waals surface area contributed by atoms with E-state index in [1.807, 2.05) is 37.0 Å². The summed E-state index contributed by atoms with van der Waals surface area (Å²) >= 11 is 0. The summed E-state index contributed by atoms with van der Waals surface area (Å²) in [6.07, 6.45) is 6.47. The number of amides is 1. The minimum atomic E-state index is -0.108. The van der Waals surface area contributed by atoms with Crippen LogP contribution in [0.3, 0.4) is 0 Å². The summed E-state index contributed by atoms with van der Waals surface area (Å²) in [5, 5.41) is 12.9. The molecule has 0 bridgehead atoms. The molecular formula is C19H26N6O. The molecule has 0 saturated carbocycles. The van der Waals surface area contributed by atoms with E-state index in [4.69, 9.17) is 0 Å². The van der Waals surface area contributed by atoms with Crippen molar-refractivity contribution in [2.75, 3.05) is 24.5 Å². The number of piperidine rings is 1. The summed E-state index contributed by atoms with van der Waals surface area (Å²) in [5.41, 5.74) is 2.00. The molecule has 2 fully saturated rings. The van der Waals surface area contributed by atoms with Crippen LogP contribution in [0.5, 0.6) is 0 Å². The zero-order chi connectivity index (χ0) is 18.3. The van der Waals surface area contributed by atoms with Gasteiger partial charge in [-0.2, -0.15) is 10.2 Å². The average molecular weight is 354 g/mol. The average Bonchev–Trinajstić information content (AvgIpc) is 3.18. The Hall–Kier alpha value is -2.44. The number of rotatable bonds is 3. The molecule has 0 aliphatic carbocycles. The van der Waals surface area contributed by atoms with Crippen molar-refractivity contribution in [3.05, 3.63) is 35.8 Å². The largest absolute Gasteiger partial charge is 0.355 e. The number of anilines is 1. The number of hydrogen-bond acceptors (Lipinski definition) is 5. The van der Waals surface area contributed by atoms with E-state index < -0.39 is 0 Å². The van der Waals surface area contributed by atoms with Gasteiger partial charge >= 0.3 is 0 Å². The zero-order valence-electron chi connectivity index (χ0n) is 15.7. The first kappa shape index (κ1) is 17.0. The van der Waals surface area contributed by atoms with Crippen LogP contribution in [0.2, 0.25) is 0 Å². The van der Waals surface area contributed by atoms with Crippen molar-refractivity contribution in [1.82, 2.24) is 24.9 Å². The normalized spacial score (nSPS) is 22.4. The van der Waals surface area contributed by atoms with Crippen LogP contribution in [0.4, 0.5) is 5.82 Å². The van der Waals surface area contributed by atoms with Gasteiger partial charge in [-0.1, -0.05) is 0 Å². The Morgan fingerprint density at radius 2 is 2.00 bits per heavy atom. The van der Waals surface area contributed by atoms with Crippen molar-refractivity contribution < 1.29 is 4.79 Å². The fraction of sp³-hybridized carbons (Fsp3) is 0.579. The molecule has 0 unspecified atom stereocenters. The first-order chi connectivity index (χ1) is 12.5. The minimum Gasteiger partial charge on any atom is -0.355 e. The highest BCUT2D eigenvalue weighted by atomic mass is 16.2. The molecule has 0 aromatic carbocycles. The van der Waals surface area contributed by atoms with Gasteiger partial charge in [0.1, 0.15) is 0 Å². The van der Waals surface area contributed by atoms with E-state index >= 15 is 0 Å². The molecule has 0 radical (unpaired) electrons. The van der Waals surface area contributed by atoms with Gasteiger partial charge in [0.05, 0.1) is 17.4 Å². The Balaban J connectivity index is 1.60. The van der Waals surface area contributed by atoms with Crippen molar-refractivity contribution in [2.45, 2.75) is 44.6 Å². The van der Waals surface area contributed by atoms with E-state index in [9.17, 15) is 4.79 Å². The van der Waals surface area contributed by atoms with Gasteiger partial charge in [0, 0.05) is 45.2 Å². The maximum atomic E-state index is 12.7. The Morgan fingerprint density at radius 3 is 2.58 bits per heavy atom. The number of carbonyl (C=O) groups is 1. The van der Waals surface area contributed by atoms with Crippen molar-refractivity contribution in [2.24, 2.45) is 7.05 Å². The van der Waals surface area contributed by atoms with Gasteiger partial charge < -0.3 is 9.80 Å². The van der Waals surface area contributed by atoms with Gasteiger partial charge in [0.25, 0.3) is 0 Å². The van der Waals surface area contributed by atoms with Crippen molar-refractivity contribution in [1.29, 1.82) is 0 Å². The van der Waals surface area contributed by atoms with Crippen molar-refractivity contribution >= 4 is 11.7 Å². The van der Waals surface area contributed by atoms with Crippen molar-refractivity contribution in [3.63, 3.8) is 0 Å². The molecule has 1 atom stereocenters. The van der Waals surface area contributed by atoms with Crippen LogP contribution < -0.4 is 4.90 Å². The number of carbonyl (C=O) groups excluding carboxylic acids is 1. The highest BCUT2D eigenvalue weighted by Crippen LogP contribution is 2.48.